The Labute approximate surface area is 197 Å². The van der Waals surface area contributed by atoms with Crippen molar-refractivity contribution in [2.24, 2.45) is 10.2 Å². The van der Waals surface area contributed by atoms with Crippen LogP contribution in [-0.4, -0.2) is 21.4 Å². The molecule has 0 aliphatic rings. The summed E-state index contributed by atoms with van der Waals surface area (Å²) in [4.78, 5) is 18.9. The van der Waals surface area contributed by atoms with E-state index in [-0.39, 0.29) is 11.2 Å². The van der Waals surface area contributed by atoms with Crippen LogP contribution in [0.4, 0.5) is 11.4 Å². The van der Waals surface area contributed by atoms with E-state index in [1.165, 1.54) is 27.4 Å². The molecule has 0 aliphatic heterocycles. The monoisotopic (exact) mass is 473 g/mol. The van der Waals surface area contributed by atoms with Gasteiger partial charge in [-0.15, -0.1) is 32.9 Å². The van der Waals surface area contributed by atoms with Crippen LogP contribution in [0, 0.1) is 0 Å². The molecule has 164 valence electrons. The third-order valence-electron chi connectivity index (χ3n) is 4.81. The number of ether oxygens (including phenoxy) is 1. The van der Waals surface area contributed by atoms with Crippen LogP contribution in [0.1, 0.15) is 6.92 Å². The number of thiazole rings is 1. The molecule has 33 heavy (non-hydrogen) atoms. The molecule has 9 heteroatoms. The first-order valence-electron chi connectivity index (χ1n) is 10.3. The fourth-order valence-corrected chi connectivity index (χ4v) is 4.79. The zero-order valence-corrected chi connectivity index (χ0v) is 19.3. The minimum Gasteiger partial charge on any atom is -0.492 e. The Morgan fingerprint density at radius 1 is 1.00 bits per heavy atom. The average molecular weight is 474 g/mol. The molecule has 2 aromatic carbocycles. The lowest BCUT2D eigenvalue weighted by molar-refractivity contribution is 0.341. The molecular weight excluding hydrogens is 454 g/mol. The summed E-state index contributed by atoms with van der Waals surface area (Å²) in [6, 6.07) is 21.1. The Morgan fingerprint density at radius 2 is 1.82 bits per heavy atom. The van der Waals surface area contributed by atoms with Gasteiger partial charge in [0.15, 0.2) is 5.69 Å². The molecule has 5 rings (SSSR count). The van der Waals surface area contributed by atoms with Gasteiger partial charge in [0, 0.05) is 10.9 Å². The summed E-state index contributed by atoms with van der Waals surface area (Å²) in [7, 11) is 0. The van der Waals surface area contributed by atoms with Gasteiger partial charge in [-0.3, -0.25) is 9.89 Å². The first-order valence-corrected chi connectivity index (χ1v) is 12.0. The van der Waals surface area contributed by atoms with Gasteiger partial charge in [-0.25, -0.2) is 4.98 Å². The van der Waals surface area contributed by atoms with Crippen LogP contribution in [0.5, 0.6) is 5.75 Å². The first-order chi connectivity index (χ1) is 16.2. The molecule has 0 amide bonds. The number of azo groups is 1. The van der Waals surface area contributed by atoms with Crippen LogP contribution in [0.15, 0.2) is 92.5 Å². The molecule has 3 aromatic heterocycles. The SMILES string of the molecule is CCOc1ccccc1N=Nc1c(-c2cccs2)[nH]n(-c2nc(-c3ccccc3)cs2)c1=O. The average Bonchev–Trinajstić information content (AvgIpc) is 3.60. The van der Waals surface area contributed by atoms with Crippen LogP contribution >= 0.6 is 22.7 Å². The van der Waals surface area contributed by atoms with Gasteiger partial charge in [-0.05, 0) is 30.5 Å². The molecule has 1 N–H and O–H groups in total. The van der Waals surface area contributed by atoms with E-state index < -0.39 is 0 Å². The van der Waals surface area contributed by atoms with Gasteiger partial charge in [0.2, 0.25) is 5.13 Å². The lowest BCUT2D eigenvalue weighted by Crippen LogP contribution is -2.13. The minimum absolute atomic E-state index is 0.222. The number of para-hydroxylation sites is 1. The molecule has 3 heterocycles. The van der Waals surface area contributed by atoms with Crippen LogP contribution in [-0.2, 0) is 0 Å². The van der Waals surface area contributed by atoms with E-state index >= 15 is 0 Å². The quantitative estimate of drug-likeness (QED) is 0.263. The van der Waals surface area contributed by atoms with Crippen LogP contribution < -0.4 is 10.3 Å². The molecule has 0 unspecified atom stereocenters. The summed E-state index contributed by atoms with van der Waals surface area (Å²) in [5, 5.41) is 16.3. The highest BCUT2D eigenvalue weighted by Gasteiger charge is 2.20. The second kappa shape index (κ2) is 9.35. The van der Waals surface area contributed by atoms with Crippen molar-refractivity contribution >= 4 is 34.0 Å². The fourth-order valence-electron chi connectivity index (χ4n) is 3.28. The number of benzene rings is 2. The van der Waals surface area contributed by atoms with Gasteiger partial charge in [-0.2, -0.15) is 4.68 Å². The number of rotatable bonds is 7. The lowest BCUT2D eigenvalue weighted by atomic mass is 10.2. The zero-order chi connectivity index (χ0) is 22.6. The molecule has 7 nitrogen and oxygen atoms in total. The van der Waals surface area contributed by atoms with Crippen LogP contribution in [0.3, 0.4) is 0 Å². The van der Waals surface area contributed by atoms with E-state index in [4.69, 9.17) is 4.74 Å². The maximum Gasteiger partial charge on any atom is 0.301 e. The number of H-pyrrole nitrogens is 1. The van der Waals surface area contributed by atoms with E-state index in [1.807, 2.05) is 78.3 Å². The number of nitrogens with one attached hydrogen (secondary N) is 1. The molecule has 0 saturated carbocycles. The number of hydrogen-bond donors (Lipinski definition) is 1. The molecule has 0 radical (unpaired) electrons. The topological polar surface area (TPSA) is 84.6 Å². The van der Waals surface area contributed by atoms with E-state index in [1.54, 1.807) is 6.07 Å². The van der Waals surface area contributed by atoms with Crippen molar-refractivity contribution in [3.8, 4) is 32.7 Å². The third-order valence-corrected chi connectivity index (χ3v) is 6.52. The number of thiophene rings is 1. The van der Waals surface area contributed by atoms with E-state index in [0.29, 0.717) is 28.9 Å². The van der Waals surface area contributed by atoms with Crippen LogP contribution in [0.2, 0.25) is 0 Å². The fraction of sp³-hybridized carbons (Fsp3) is 0.0833. The van der Waals surface area contributed by atoms with Crippen molar-refractivity contribution < 1.29 is 4.74 Å². The predicted octanol–water partition coefficient (Wildman–Crippen LogP) is 6.83. The highest BCUT2D eigenvalue weighted by atomic mass is 32.1. The van der Waals surface area contributed by atoms with Crippen LogP contribution in [0.25, 0.3) is 27.0 Å². The van der Waals surface area contributed by atoms with Crippen molar-refractivity contribution in [1.82, 2.24) is 14.8 Å². The molecule has 5 aromatic rings. The minimum atomic E-state index is -0.315. The molecule has 0 bridgehead atoms. The first kappa shape index (κ1) is 21.0. The van der Waals surface area contributed by atoms with Crippen molar-refractivity contribution in [3.05, 3.63) is 87.8 Å². The predicted molar refractivity (Wildman–Crippen MR) is 133 cm³/mol. The number of aromatic amines is 1. The molecular formula is C24H19N5O2S2. The van der Waals surface area contributed by atoms with Crippen molar-refractivity contribution in [2.45, 2.75) is 6.92 Å². The molecule has 0 fully saturated rings. The summed E-state index contributed by atoms with van der Waals surface area (Å²) < 4.78 is 7.05. The number of aromatic nitrogens is 3. The summed E-state index contributed by atoms with van der Waals surface area (Å²) in [5.74, 6) is 0.615. The van der Waals surface area contributed by atoms with E-state index in [9.17, 15) is 4.79 Å². The Balaban J connectivity index is 1.58. The highest BCUT2D eigenvalue weighted by molar-refractivity contribution is 7.13. The van der Waals surface area contributed by atoms with Gasteiger partial charge in [-0.1, -0.05) is 48.5 Å². The normalized spacial score (nSPS) is 11.3. The lowest BCUT2D eigenvalue weighted by Gasteiger charge is -2.04. The summed E-state index contributed by atoms with van der Waals surface area (Å²) in [6.07, 6.45) is 0. The maximum absolute atomic E-state index is 13.4. The van der Waals surface area contributed by atoms with Crippen molar-refractivity contribution in [1.29, 1.82) is 0 Å². The zero-order valence-electron chi connectivity index (χ0n) is 17.6. The molecule has 0 spiro atoms. The highest BCUT2D eigenvalue weighted by Crippen LogP contribution is 2.34. The van der Waals surface area contributed by atoms with Gasteiger partial charge < -0.3 is 4.74 Å². The van der Waals surface area contributed by atoms with Gasteiger partial charge in [0.05, 0.1) is 17.2 Å². The van der Waals surface area contributed by atoms with E-state index in [0.717, 1.165) is 16.1 Å². The smallest absolute Gasteiger partial charge is 0.301 e. The Hall–Kier alpha value is -3.82. The maximum atomic E-state index is 13.4. The Morgan fingerprint density at radius 3 is 2.61 bits per heavy atom. The largest absolute Gasteiger partial charge is 0.492 e. The molecule has 0 atom stereocenters. The van der Waals surface area contributed by atoms with E-state index in [2.05, 4.69) is 20.3 Å². The van der Waals surface area contributed by atoms with Gasteiger partial charge in [0.1, 0.15) is 17.1 Å². The number of nitrogens with zero attached hydrogens (tertiary/aromatic N) is 4. The van der Waals surface area contributed by atoms with Crippen molar-refractivity contribution in [2.75, 3.05) is 6.61 Å². The van der Waals surface area contributed by atoms with Gasteiger partial charge >= 0.3 is 5.56 Å². The Kier molecular flexibility index (Phi) is 5.97. The molecule has 0 saturated heterocycles. The summed E-state index contributed by atoms with van der Waals surface area (Å²) in [5.41, 5.74) is 2.87. The Bertz CT molecular complexity index is 1450. The second-order valence-corrected chi connectivity index (χ2v) is 8.72. The number of hydrogen-bond acceptors (Lipinski definition) is 7. The molecule has 0 aliphatic carbocycles. The third kappa shape index (κ3) is 4.28. The second-order valence-electron chi connectivity index (χ2n) is 6.94. The van der Waals surface area contributed by atoms with Crippen molar-refractivity contribution in [3.63, 3.8) is 0 Å². The summed E-state index contributed by atoms with van der Waals surface area (Å²) in [6.45, 7) is 2.42. The van der Waals surface area contributed by atoms with Gasteiger partial charge in [0.25, 0.3) is 0 Å². The standard InChI is InChI=1S/C24H19N5O2S2/c1-2-31-19-12-7-6-11-17(19)26-27-22-21(20-13-8-14-32-20)28-29(23(22)30)24-25-18(15-33-24)16-9-4-3-5-10-16/h3-15,28H,2H2,1H3. The summed E-state index contributed by atoms with van der Waals surface area (Å²) >= 11 is 2.90.